The van der Waals surface area contributed by atoms with Crippen LogP contribution >= 0.6 is 24.0 Å². The maximum Gasteiger partial charge on any atom is 0.230 e. The molecule has 1 aliphatic heterocycles. The van der Waals surface area contributed by atoms with Gasteiger partial charge in [0.15, 0.2) is 0 Å². The van der Waals surface area contributed by atoms with Gasteiger partial charge in [0.1, 0.15) is 0 Å². The van der Waals surface area contributed by atoms with Crippen LogP contribution in [0.1, 0.15) is 47.9 Å². The summed E-state index contributed by atoms with van der Waals surface area (Å²) in [7, 11) is 0. The lowest BCUT2D eigenvalue weighted by Crippen LogP contribution is -2.42. The van der Waals surface area contributed by atoms with Gasteiger partial charge in [0, 0.05) is 24.7 Å². The number of carbonyl (C=O) groups is 1. The Morgan fingerprint density at radius 2 is 1.85 bits per heavy atom. The molecule has 0 atom stereocenters. The van der Waals surface area contributed by atoms with Gasteiger partial charge < -0.3 is 10.6 Å². The third-order valence-electron chi connectivity index (χ3n) is 5.62. The molecule has 1 aliphatic carbocycles. The van der Waals surface area contributed by atoms with E-state index in [0.29, 0.717) is 11.6 Å². The fourth-order valence-electron chi connectivity index (χ4n) is 4.22. The summed E-state index contributed by atoms with van der Waals surface area (Å²) >= 11 is 6.18. The Morgan fingerprint density at radius 1 is 1.08 bits per heavy atom. The molecule has 1 fully saturated rings. The molecule has 2 aromatic rings. The number of fused-ring (bicyclic) bond motifs is 1. The number of carbonyl (C=O) groups excluding carboxylic acids is 1. The van der Waals surface area contributed by atoms with Crippen molar-refractivity contribution >= 4 is 29.9 Å². The Hall–Kier alpha value is -1.55. The van der Waals surface area contributed by atoms with Gasteiger partial charge in [-0.2, -0.15) is 0 Å². The molecule has 26 heavy (non-hydrogen) atoms. The molecule has 0 unspecified atom stereocenters. The second-order valence-corrected chi connectivity index (χ2v) is 7.63. The Morgan fingerprint density at radius 3 is 2.62 bits per heavy atom. The number of hydrogen-bond donors (Lipinski definition) is 2. The lowest BCUT2D eigenvalue weighted by Gasteiger charge is -2.28. The number of benzene rings is 2. The average Bonchev–Trinajstić information content (AvgIpc) is 3.29. The maximum atomic E-state index is 13.1. The van der Waals surface area contributed by atoms with E-state index in [0.717, 1.165) is 49.9 Å². The first kappa shape index (κ1) is 19.2. The van der Waals surface area contributed by atoms with Crippen LogP contribution in [0, 0.1) is 0 Å². The molecule has 1 heterocycles. The molecule has 138 valence electrons. The van der Waals surface area contributed by atoms with Gasteiger partial charge in [-0.15, -0.1) is 12.4 Å². The fraction of sp³-hybridized carbons (Fsp3) is 0.381. The molecule has 3 nitrogen and oxygen atoms in total. The van der Waals surface area contributed by atoms with Crippen LogP contribution in [-0.4, -0.2) is 5.91 Å². The fourth-order valence-corrected chi connectivity index (χ4v) is 4.41. The summed E-state index contributed by atoms with van der Waals surface area (Å²) in [4.78, 5) is 13.1. The van der Waals surface area contributed by atoms with Crippen LogP contribution in [0.15, 0.2) is 42.5 Å². The molecule has 5 heteroatoms. The lowest BCUT2D eigenvalue weighted by atomic mass is 9.78. The van der Waals surface area contributed by atoms with Crippen LogP contribution < -0.4 is 10.6 Å². The summed E-state index contributed by atoms with van der Waals surface area (Å²) in [5, 5.41) is 7.24. The molecule has 0 bridgehead atoms. The Labute approximate surface area is 165 Å². The molecule has 0 radical (unpaired) electrons. The van der Waals surface area contributed by atoms with Crippen molar-refractivity contribution in [1.29, 1.82) is 0 Å². The van der Waals surface area contributed by atoms with Crippen molar-refractivity contribution in [3.8, 4) is 0 Å². The molecule has 2 aliphatic rings. The summed E-state index contributed by atoms with van der Waals surface area (Å²) in [6, 6.07) is 14.3. The normalized spacial score (nSPS) is 17.4. The summed E-state index contributed by atoms with van der Waals surface area (Å²) in [5.41, 5.74) is 4.49. The summed E-state index contributed by atoms with van der Waals surface area (Å²) in [6.07, 6.45) is 3.97. The van der Waals surface area contributed by atoms with Gasteiger partial charge in [-0.3, -0.25) is 4.79 Å². The Balaban J connectivity index is 0.00000196. The average molecular weight is 391 g/mol. The number of nitrogens with one attached hydrogen (secondary N) is 2. The second kappa shape index (κ2) is 7.99. The molecule has 0 saturated heterocycles. The molecular weight excluding hydrogens is 367 g/mol. The number of hydrogen-bond acceptors (Lipinski definition) is 2. The highest BCUT2D eigenvalue weighted by molar-refractivity contribution is 6.30. The highest BCUT2D eigenvalue weighted by Gasteiger charge is 2.42. The van der Waals surface area contributed by atoms with Crippen molar-refractivity contribution < 1.29 is 4.79 Å². The Kier molecular flexibility index (Phi) is 5.91. The first-order chi connectivity index (χ1) is 12.2. The minimum absolute atomic E-state index is 0. The zero-order valence-corrected chi connectivity index (χ0v) is 16.3. The van der Waals surface area contributed by atoms with Crippen molar-refractivity contribution in [2.45, 2.75) is 50.7 Å². The molecule has 2 aromatic carbocycles. The maximum absolute atomic E-state index is 13.1. The van der Waals surface area contributed by atoms with E-state index in [2.05, 4.69) is 28.8 Å². The molecule has 0 spiro atoms. The minimum atomic E-state index is -0.427. The monoisotopic (exact) mass is 390 g/mol. The van der Waals surface area contributed by atoms with Gasteiger partial charge in [0.25, 0.3) is 0 Å². The number of rotatable bonds is 4. The molecule has 0 aromatic heterocycles. The predicted molar refractivity (Wildman–Crippen MR) is 108 cm³/mol. The second-order valence-electron chi connectivity index (χ2n) is 7.19. The van der Waals surface area contributed by atoms with Crippen molar-refractivity contribution in [3.05, 3.63) is 69.7 Å². The van der Waals surface area contributed by atoms with E-state index in [1.54, 1.807) is 0 Å². The third kappa shape index (κ3) is 3.62. The predicted octanol–water partition coefficient (Wildman–Crippen LogP) is 4.49. The molecule has 1 amide bonds. The number of amides is 1. The summed E-state index contributed by atoms with van der Waals surface area (Å²) < 4.78 is 0. The highest BCUT2D eigenvalue weighted by atomic mass is 35.5. The van der Waals surface area contributed by atoms with Gasteiger partial charge in [-0.25, -0.2) is 0 Å². The first-order valence-corrected chi connectivity index (χ1v) is 9.41. The standard InChI is InChI=1S/C21H23ClN2O.ClH/c22-19-5-3-4-18(11-19)21(8-1-2-9-21)20(25)24-12-15-6-7-16-13-23-14-17(16)10-15;/h3-7,10-11,23H,1-2,8-9,12-14H2,(H,24,25);1H. The smallest absolute Gasteiger partial charge is 0.230 e. The van der Waals surface area contributed by atoms with E-state index in [1.807, 2.05) is 24.3 Å². The summed E-state index contributed by atoms with van der Waals surface area (Å²) in [5.74, 6) is 0.130. The van der Waals surface area contributed by atoms with E-state index in [4.69, 9.17) is 11.6 Å². The molecule has 4 rings (SSSR count). The van der Waals surface area contributed by atoms with Crippen LogP contribution in [0.25, 0.3) is 0 Å². The third-order valence-corrected chi connectivity index (χ3v) is 5.86. The van der Waals surface area contributed by atoms with Gasteiger partial charge in [-0.05, 0) is 47.2 Å². The summed E-state index contributed by atoms with van der Waals surface area (Å²) in [6.45, 7) is 2.44. The van der Waals surface area contributed by atoms with Crippen molar-refractivity contribution in [1.82, 2.24) is 10.6 Å². The topological polar surface area (TPSA) is 41.1 Å². The Bertz CT molecular complexity index is 800. The van der Waals surface area contributed by atoms with E-state index in [9.17, 15) is 4.79 Å². The largest absolute Gasteiger partial charge is 0.351 e. The minimum Gasteiger partial charge on any atom is -0.351 e. The highest BCUT2D eigenvalue weighted by Crippen LogP contribution is 2.42. The quantitative estimate of drug-likeness (QED) is 0.806. The van der Waals surface area contributed by atoms with Crippen molar-refractivity contribution in [3.63, 3.8) is 0 Å². The van der Waals surface area contributed by atoms with Crippen LogP contribution in [0.4, 0.5) is 0 Å². The SMILES string of the molecule is Cl.O=C(NCc1ccc2c(c1)CNC2)C1(c2cccc(Cl)c2)CCCC1. The van der Waals surface area contributed by atoms with E-state index >= 15 is 0 Å². The van der Waals surface area contributed by atoms with Crippen LogP contribution in [0.2, 0.25) is 5.02 Å². The van der Waals surface area contributed by atoms with E-state index < -0.39 is 5.41 Å². The van der Waals surface area contributed by atoms with Gasteiger partial charge in [0.05, 0.1) is 5.41 Å². The van der Waals surface area contributed by atoms with Crippen LogP contribution in [0.3, 0.4) is 0 Å². The zero-order chi connectivity index (χ0) is 17.3. The number of halogens is 2. The van der Waals surface area contributed by atoms with Crippen molar-refractivity contribution in [2.75, 3.05) is 0 Å². The lowest BCUT2D eigenvalue weighted by molar-refractivity contribution is -0.126. The molecular formula is C21H24Cl2N2O. The van der Waals surface area contributed by atoms with E-state index in [-0.39, 0.29) is 18.3 Å². The van der Waals surface area contributed by atoms with E-state index in [1.165, 1.54) is 11.1 Å². The van der Waals surface area contributed by atoms with Crippen molar-refractivity contribution in [2.24, 2.45) is 0 Å². The van der Waals surface area contributed by atoms with Crippen LogP contribution in [-0.2, 0) is 29.8 Å². The van der Waals surface area contributed by atoms with Crippen LogP contribution in [0.5, 0.6) is 0 Å². The molecule has 1 saturated carbocycles. The molecule has 2 N–H and O–H groups in total. The van der Waals surface area contributed by atoms with Gasteiger partial charge in [-0.1, -0.05) is 54.8 Å². The zero-order valence-electron chi connectivity index (χ0n) is 14.7. The first-order valence-electron chi connectivity index (χ1n) is 9.03. The van der Waals surface area contributed by atoms with Gasteiger partial charge in [0.2, 0.25) is 5.91 Å². The van der Waals surface area contributed by atoms with Gasteiger partial charge >= 0.3 is 0 Å².